The van der Waals surface area contributed by atoms with Crippen LogP contribution in [0.3, 0.4) is 0 Å². The van der Waals surface area contributed by atoms with Crippen molar-refractivity contribution < 1.29 is 14.4 Å². The Labute approximate surface area is 118 Å². The Morgan fingerprint density at radius 2 is 2.00 bits per heavy atom. The van der Waals surface area contributed by atoms with E-state index in [1.165, 1.54) is 17.1 Å². The van der Waals surface area contributed by atoms with Crippen LogP contribution in [0.5, 0.6) is 0 Å². The molecule has 1 atom stereocenters. The van der Waals surface area contributed by atoms with Crippen LogP contribution in [0.15, 0.2) is 12.2 Å². The number of urea groups is 1. The normalized spacial score (nSPS) is 21.9. The zero-order valence-electron chi connectivity index (χ0n) is 11.8. The van der Waals surface area contributed by atoms with Crippen molar-refractivity contribution in [2.24, 2.45) is 5.92 Å². The molecule has 0 aromatic rings. The minimum atomic E-state index is -0.245. The first-order valence-electron chi connectivity index (χ1n) is 7.14. The van der Waals surface area contributed by atoms with Gasteiger partial charge >= 0.3 is 6.03 Å². The molecule has 0 radical (unpaired) electrons. The second-order valence-electron chi connectivity index (χ2n) is 5.44. The Bertz CT molecular complexity index is 415. The molecule has 2 rings (SSSR count). The minimum absolute atomic E-state index is 0.00987. The van der Waals surface area contributed by atoms with Crippen LogP contribution in [0.1, 0.15) is 26.2 Å². The molecule has 6 nitrogen and oxygen atoms in total. The highest BCUT2D eigenvalue weighted by Crippen LogP contribution is 2.14. The summed E-state index contributed by atoms with van der Waals surface area (Å²) < 4.78 is 0. The van der Waals surface area contributed by atoms with Crippen molar-refractivity contribution in [3.05, 3.63) is 12.2 Å². The highest BCUT2D eigenvalue weighted by molar-refractivity contribution is 6.12. The first-order chi connectivity index (χ1) is 9.58. The second kappa shape index (κ2) is 6.54. The highest BCUT2D eigenvalue weighted by atomic mass is 16.2. The summed E-state index contributed by atoms with van der Waals surface area (Å²) >= 11 is 0. The number of rotatable bonds is 5. The Morgan fingerprint density at radius 3 is 2.60 bits per heavy atom. The van der Waals surface area contributed by atoms with Gasteiger partial charge in [-0.1, -0.05) is 6.92 Å². The van der Waals surface area contributed by atoms with Gasteiger partial charge in [-0.15, -0.1) is 0 Å². The Kier molecular flexibility index (Phi) is 4.76. The smallest absolute Gasteiger partial charge is 0.317 e. The highest BCUT2D eigenvalue weighted by Gasteiger charge is 2.23. The molecule has 0 unspecified atom stereocenters. The molecule has 2 aliphatic heterocycles. The molecule has 6 heteroatoms. The predicted octanol–water partition coefficient (Wildman–Crippen LogP) is 0.743. The van der Waals surface area contributed by atoms with Crippen LogP contribution in [-0.4, -0.2) is 53.8 Å². The van der Waals surface area contributed by atoms with E-state index in [-0.39, 0.29) is 17.8 Å². The van der Waals surface area contributed by atoms with E-state index in [4.69, 9.17) is 0 Å². The number of amides is 4. The number of unbranched alkanes of at least 4 members (excludes halogenated alkanes) is 1. The number of imide groups is 1. The Hall–Kier alpha value is -1.85. The molecule has 0 aliphatic carbocycles. The summed E-state index contributed by atoms with van der Waals surface area (Å²) in [6, 6.07) is -0.00987. The van der Waals surface area contributed by atoms with Crippen LogP contribution >= 0.6 is 0 Å². The van der Waals surface area contributed by atoms with Crippen LogP contribution in [-0.2, 0) is 9.59 Å². The number of hydrogen-bond acceptors (Lipinski definition) is 3. The van der Waals surface area contributed by atoms with Crippen molar-refractivity contribution in [3.63, 3.8) is 0 Å². The number of carbonyl (C=O) groups excluding carboxylic acids is 3. The molecule has 0 aromatic heterocycles. The van der Waals surface area contributed by atoms with Crippen molar-refractivity contribution in [1.29, 1.82) is 0 Å². The van der Waals surface area contributed by atoms with Gasteiger partial charge in [-0.25, -0.2) is 4.79 Å². The van der Waals surface area contributed by atoms with Gasteiger partial charge in [0, 0.05) is 38.3 Å². The van der Waals surface area contributed by atoms with E-state index in [1.807, 2.05) is 4.90 Å². The first kappa shape index (κ1) is 14.6. The molecule has 0 bridgehead atoms. The fraction of sp³-hybridized carbons (Fsp3) is 0.643. The monoisotopic (exact) mass is 279 g/mol. The molecule has 0 aromatic carbocycles. The molecular formula is C14H21N3O3. The lowest BCUT2D eigenvalue weighted by Crippen LogP contribution is -2.39. The third-order valence-electron chi connectivity index (χ3n) is 3.70. The molecule has 1 saturated heterocycles. The average Bonchev–Trinajstić information content (AvgIpc) is 2.98. The van der Waals surface area contributed by atoms with E-state index in [1.54, 1.807) is 0 Å². The van der Waals surface area contributed by atoms with Crippen LogP contribution in [0.2, 0.25) is 0 Å². The number of likely N-dealkylation sites (tertiary alicyclic amines) is 1. The maximum Gasteiger partial charge on any atom is 0.317 e. The lowest BCUT2D eigenvalue weighted by atomic mass is 10.2. The molecule has 1 fully saturated rings. The van der Waals surface area contributed by atoms with Gasteiger partial charge < -0.3 is 10.2 Å². The van der Waals surface area contributed by atoms with E-state index in [0.29, 0.717) is 25.4 Å². The first-order valence-corrected chi connectivity index (χ1v) is 7.14. The second-order valence-corrected chi connectivity index (χ2v) is 5.44. The summed E-state index contributed by atoms with van der Waals surface area (Å²) in [6.07, 6.45) is 5.11. The SMILES string of the molecule is C[C@@H]1CCN(C(=O)NCCCCN2C(=O)C=CC2=O)C1. The molecule has 1 N–H and O–H groups in total. The predicted molar refractivity (Wildman–Crippen MR) is 73.8 cm³/mol. The fourth-order valence-corrected chi connectivity index (χ4v) is 2.47. The van der Waals surface area contributed by atoms with E-state index in [9.17, 15) is 14.4 Å². The zero-order chi connectivity index (χ0) is 14.5. The van der Waals surface area contributed by atoms with Gasteiger partial charge in [0.15, 0.2) is 0 Å². The molecule has 110 valence electrons. The van der Waals surface area contributed by atoms with Crippen LogP contribution in [0.4, 0.5) is 4.79 Å². The minimum Gasteiger partial charge on any atom is -0.338 e. The van der Waals surface area contributed by atoms with Crippen LogP contribution < -0.4 is 5.32 Å². The topological polar surface area (TPSA) is 69.7 Å². The van der Waals surface area contributed by atoms with Gasteiger partial charge in [0.2, 0.25) is 0 Å². The Balaban J connectivity index is 1.57. The van der Waals surface area contributed by atoms with Crippen LogP contribution in [0.25, 0.3) is 0 Å². The molecule has 0 spiro atoms. The van der Waals surface area contributed by atoms with Gasteiger partial charge in [-0.2, -0.15) is 0 Å². The number of nitrogens with zero attached hydrogens (tertiary/aromatic N) is 2. The summed E-state index contributed by atoms with van der Waals surface area (Å²) in [5, 5.41) is 2.88. The van der Waals surface area contributed by atoms with Crippen molar-refractivity contribution in [3.8, 4) is 0 Å². The molecule has 2 heterocycles. The quantitative estimate of drug-likeness (QED) is 0.596. The van der Waals surface area contributed by atoms with Crippen molar-refractivity contribution in [2.45, 2.75) is 26.2 Å². The van der Waals surface area contributed by atoms with Gasteiger partial charge in [0.1, 0.15) is 0 Å². The van der Waals surface area contributed by atoms with Gasteiger partial charge in [0.25, 0.3) is 11.8 Å². The fourth-order valence-electron chi connectivity index (χ4n) is 2.47. The third kappa shape index (κ3) is 3.59. The summed E-state index contributed by atoms with van der Waals surface area (Å²) in [5.41, 5.74) is 0. The van der Waals surface area contributed by atoms with E-state index < -0.39 is 0 Å². The van der Waals surface area contributed by atoms with E-state index in [0.717, 1.165) is 25.9 Å². The van der Waals surface area contributed by atoms with E-state index in [2.05, 4.69) is 12.2 Å². The van der Waals surface area contributed by atoms with Crippen LogP contribution in [0, 0.1) is 5.92 Å². The van der Waals surface area contributed by atoms with Crippen molar-refractivity contribution in [1.82, 2.24) is 15.1 Å². The molecule has 20 heavy (non-hydrogen) atoms. The van der Waals surface area contributed by atoms with E-state index >= 15 is 0 Å². The van der Waals surface area contributed by atoms with Gasteiger partial charge in [-0.05, 0) is 25.2 Å². The molecule has 0 saturated carbocycles. The standard InChI is InChI=1S/C14H21N3O3/c1-11-6-9-16(10-11)14(20)15-7-2-3-8-17-12(18)4-5-13(17)19/h4-5,11H,2-3,6-10H2,1H3,(H,15,20)/t11-/m1/s1. The molecular weight excluding hydrogens is 258 g/mol. The largest absolute Gasteiger partial charge is 0.338 e. The van der Waals surface area contributed by atoms with Crippen molar-refractivity contribution in [2.75, 3.05) is 26.2 Å². The van der Waals surface area contributed by atoms with Gasteiger partial charge in [-0.3, -0.25) is 14.5 Å². The maximum atomic E-state index is 11.8. The third-order valence-corrected chi connectivity index (χ3v) is 3.70. The van der Waals surface area contributed by atoms with Gasteiger partial charge in [0.05, 0.1) is 0 Å². The molecule has 4 amide bonds. The summed E-state index contributed by atoms with van der Waals surface area (Å²) in [4.78, 5) is 37.5. The van der Waals surface area contributed by atoms with Crippen molar-refractivity contribution >= 4 is 17.8 Å². The number of hydrogen-bond donors (Lipinski definition) is 1. The lowest BCUT2D eigenvalue weighted by Gasteiger charge is -2.17. The number of nitrogens with one attached hydrogen (secondary N) is 1. The average molecular weight is 279 g/mol. The number of carbonyl (C=O) groups is 3. The maximum absolute atomic E-state index is 11.8. The molecule has 2 aliphatic rings. The lowest BCUT2D eigenvalue weighted by molar-refractivity contribution is -0.136. The Morgan fingerprint density at radius 1 is 1.30 bits per heavy atom. The zero-order valence-corrected chi connectivity index (χ0v) is 11.8. The summed E-state index contributed by atoms with van der Waals surface area (Å²) in [7, 11) is 0. The summed E-state index contributed by atoms with van der Waals surface area (Å²) in [5.74, 6) is 0.0932. The summed E-state index contributed by atoms with van der Waals surface area (Å²) in [6.45, 7) is 4.80.